The second kappa shape index (κ2) is 4.91. The Labute approximate surface area is 121 Å². The fourth-order valence-corrected chi connectivity index (χ4v) is 3.09. The lowest BCUT2D eigenvalue weighted by Gasteiger charge is -2.10. The summed E-state index contributed by atoms with van der Waals surface area (Å²) in [6.45, 7) is 0.241. The van der Waals surface area contributed by atoms with E-state index in [2.05, 4.69) is 9.97 Å². The van der Waals surface area contributed by atoms with Crippen LogP contribution in [0.2, 0.25) is 0 Å². The summed E-state index contributed by atoms with van der Waals surface area (Å²) < 4.78 is 10.7. The van der Waals surface area contributed by atoms with Crippen LogP contribution >= 0.6 is 0 Å². The normalized spacial score (nSPS) is 17.3. The maximum Gasteiger partial charge on any atom is 0.251 e. The predicted molar refractivity (Wildman–Crippen MR) is 77.6 cm³/mol. The molecule has 1 saturated carbocycles. The number of hydrogen-bond acceptors (Lipinski definition) is 4. The number of nitrogens with zero attached hydrogens (tertiary/aromatic N) is 1. The van der Waals surface area contributed by atoms with Gasteiger partial charge in [-0.1, -0.05) is 12.8 Å². The van der Waals surface area contributed by atoms with Gasteiger partial charge in [0.15, 0.2) is 11.5 Å². The molecule has 0 amide bonds. The Morgan fingerprint density at radius 3 is 2.76 bits per heavy atom. The van der Waals surface area contributed by atoms with E-state index < -0.39 is 0 Å². The Morgan fingerprint density at radius 1 is 1.10 bits per heavy atom. The molecular weight excluding hydrogens is 268 g/mol. The fourth-order valence-electron chi connectivity index (χ4n) is 3.09. The van der Waals surface area contributed by atoms with Crippen LogP contribution in [-0.4, -0.2) is 16.8 Å². The van der Waals surface area contributed by atoms with Crippen LogP contribution in [-0.2, 0) is 0 Å². The second-order valence-corrected chi connectivity index (χ2v) is 5.57. The summed E-state index contributed by atoms with van der Waals surface area (Å²) in [5, 5.41) is 0. The lowest BCUT2D eigenvalue weighted by molar-refractivity contribution is 0.174. The largest absolute Gasteiger partial charge is 0.454 e. The molecule has 108 valence electrons. The van der Waals surface area contributed by atoms with Crippen molar-refractivity contribution >= 4 is 0 Å². The Morgan fingerprint density at radius 2 is 1.90 bits per heavy atom. The quantitative estimate of drug-likeness (QED) is 0.921. The number of ether oxygens (including phenoxy) is 2. The first-order valence-corrected chi connectivity index (χ1v) is 7.31. The molecule has 1 aromatic carbocycles. The van der Waals surface area contributed by atoms with Gasteiger partial charge in [-0.25, -0.2) is 4.98 Å². The van der Waals surface area contributed by atoms with E-state index in [0.717, 1.165) is 29.8 Å². The van der Waals surface area contributed by atoms with Gasteiger partial charge in [0.2, 0.25) is 6.79 Å². The third-order valence-electron chi connectivity index (χ3n) is 4.18. The van der Waals surface area contributed by atoms with Crippen molar-refractivity contribution in [2.24, 2.45) is 0 Å². The molecule has 21 heavy (non-hydrogen) atoms. The van der Waals surface area contributed by atoms with Gasteiger partial charge in [-0.05, 0) is 31.0 Å². The standard InChI is InChI=1S/C16H16N2O3/c19-15-8-12(10-3-1-2-4-10)17-16(18-15)11-5-6-13-14(7-11)21-9-20-13/h5-8,10H,1-4,9H2,(H,17,18,19). The maximum atomic E-state index is 11.9. The van der Waals surface area contributed by atoms with E-state index in [4.69, 9.17) is 9.47 Å². The van der Waals surface area contributed by atoms with Crippen molar-refractivity contribution in [3.05, 3.63) is 40.3 Å². The summed E-state index contributed by atoms with van der Waals surface area (Å²) in [6, 6.07) is 7.23. The molecule has 0 atom stereocenters. The molecule has 1 aromatic heterocycles. The van der Waals surface area contributed by atoms with Gasteiger partial charge in [0.25, 0.3) is 5.56 Å². The van der Waals surface area contributed by atoms with E-state index >= 15 is 0 Å². The number of aromatic nitrogens is 2. The molecule has 0 bridgehead atoms. The van der Waals surface area contributed by atoms with Crippen LogP contribution in [0.15, 0.2) is 29.1 Å². The van der Waals surface area contributed by atoms with Crippen molar-refractivity contribution in [1.29, 1.82) is 0 Å². The Kier molecular flexibility index (Phi) is 2.91. The Balaban J connectivity index is 1.75. The van der Waals surface area contributed by atoms with Crippen molar-refractivity contribution in [3.8, 4) is 22.9 Å². The van der Waals surface area contributed by atoms with Crippen molar-refractivity contribution in [1.82, 2.24) is 9.97 Å². The average Bonchev–Trinajstić information content (AvgIpc) is 3.17. The van der Waals surface area contributed by atoms with E-state index in [-0.39, 0.29) is 12.4 Å². The van der Waals surface area contributed by atoms with Crippen LogP contribution in [0, 0.1) is 0 Å². The third kappa shape index (κ3) is 2.28. The van der Waals surface area contributed by atoms with Gasteiger partial charge in [-0.2, -0.15) is 0 Å². The molecule has 5 heteroatoms. The molecule has 1 N–H and O–H groups in total. The summed E-state index contributed by atoms with van der Waals surface area (Å²) in [5.74, 6) is 2.44. The van der Waals surface area contributed by atoms with Crippen molar-refractivity contribution in [3.63, 3.8) is 0 Å². The predicted octanol–water partition coefficient (Wildman–Crippen LogP) is 2.82. The van der Waals surface area contributed by atoms with Gasteiger partial charge in [0, 0.05) is 17.5 Å². The van der Waals surface area contributed by atoms with Gasteiger partial charge < -0.3 is 14.5 Å². The van der Waals surface area contributed by atoms with Crippen LogP contribution in [0.4, 0.5) is 0 Å². The molecule has 0 radical (unpaired) electrons. The highest BCUT2D eigenvalue weighted by atomic mass is 16.7. The summed E-state index contributed by atoms with van der Waals surface area (Å²) in [4.78, 5) is 19.4. The van der Waals surface area contributed by atoms with E-state index in [1.807, 2.05) is 18.2 Å². The monoisotopic (exact) mass is 284 g/mol. The number of aromatic amines is 1. The number of rotatable bonds is 2. The average molecular weight is 284 g/mol. The number of hydrogen-bond donors (Lipinski definition) is 1. The molecule has 4 rings (SSSR count). The minimum atomic E-state index is -0.0976. The molecule has 1 fully saturated rings. The van der Waals surface area contributed by atoms with Crippen molar-refractivity contribution in [2.45, 2.75) is 31.6 Å². The van der Waals surface area contributed by atoms with Gasteiger partial charge >= 0.3 is 0 Å². The molecular formula is C16H16N2O3. The lowest BCUT2D eigenvalue weighted by atomic mass is 10.0. The molecule has 5 nitrogen and oxygen atoms in total. The Bertz CT molecular complexity index is 733. The third-order valence-corrected chi connectivity index (χ3v) is 4.18. The zero-order valence-corrected chi connectivity index (χ0v) is 11.6. The number of fused-ring (bicyclic) bond motifs is 1. The van der Waals surface area contributed by atoms with Crippen LogP contribution < -0.4 is 15.0 Å². The van der Waals surface area contributed by atoms with Gasteiger partial charge in [0.1, 0.15) is 5.82 Å². The van der Waals surface area contributed by atoms with Gasteiger partial charge in [-0.3, -0.25) is 4.79 Å². The Hall–Kier alpha value is -2.30. The first-order valence-electron chi connectivity index (χ1n) is 7.31. The van der Waals surface area contributed by atoms with Crippen LogP contribution in [0.1, 0.15) is 37.3 Å². The number of benzene rings is 1. The van der Waals surface area contributed by atoms with E-state index in [1.165, 1.54) is 12.8 Å². The van der Waals surface area contributed by atoms with Gasteiger partial charge in [-0.15, -0.1) is 0 Å². The SMILES string of the molecule is O=c1cc(C2CCCC2)nc(-c2ccc3c(c2)OCO3)[nH]1. The molecule has 1 aliphatic carbocycles. The zero-order chi connectivity index (χ0) is 14.2. The first-order chi connectivity index (χ1) is 10.3. The highest BCUT2D eigenvalue weighted by Gasteiger charge is 2.20. The minimum absolute atomic E-state index is 0.0976. The first kappa shape index (κ1) is 12.4. The summed E-state index contributed by atoms with van der Waals surface area (Å²) in [6.07, 6.45) is 4.69. The topological polar surface area (TPSA) is 64.2 Å². The highest BCUT2D eigenvalue weighted by Crippen LogP contribution is 2.36. The van der Waals surface area contributed by atoms with Crippen molar-refractivity contribution in [2.75, 3.05) is 6.79 Å². The smallest absolute Gasteiger partial charge is 0.251 e. The van der Waals surface area contributed by atoms with E-state index in [9.17, 15) is 4.79 Å². The zero-order valence-electron chi connectivity index (χ0n) is 11.6. The van der Waals surface area contributed by atoms with Crippen LogP contribution in [0.5, 0.6) is 11.5 Å². The summed E-state index contributed by atoms with van der Waals surface area (Å²) in [5.41, 5.74) is 1.65. The maximum absolute atomic E-state index is 11.9. The number of nitrogens with one attached hydrogen (secondary N) is 1. The highest BCUT2D eigenvalue weighted by molar-refractivity contribution is 5.61. The molecule has 0 saturated heterocycles. The number of H-pyrrole nitrogens is 1. The molecule has 2 aromatic rings. The van der Waals surface area contributed by atoms with E-state index in [0.29, 0.717) is 17.5 Å². The van der Waals surface area contributed by atoms with Crippen molar-refractivity contribution < 1.29 is 9.47 Å². The minimum Gasteiger partial charge on any atom is -0.454 e. The molecule has 2 heterocycles. The molecule has 1 aliphatic heterocycles. The molecule has 0 spiro atoms. The lowest BCUT2D eigenvalue weighted by Crippen LogP contribution is -2.12. The van der Waals surface area contributed by atoms with Gasteiger partial charge in [0.05, 0.1) is 5.69 Å². The molecule has 0 unspecified atom stereocenters. The summed E-state index contributed by atoms with van der Waals surface area (Å²) in [7, 11) is 0. The van der Waals surface area contributed by atoms with Crippen LogP contribution in [0.3, 0.4) is 0 Å². The van der Waals surface area contributed by atoms with E-state index in [1.54, 1.807) is 6.07 Å². The molecule has 2 aliphatic rings. The second-order valence-electron chi connectivity index (χ2n) is 5.57. The fraction of sp³-hybridized carbons (Fsp3) is 0.375. The van der Waals surface area contributed by atoms with Crippen LogP contribution in [0.25, 0.3) is 11.4 Å². The summed E-state index contributed by atoms with van der Waals surface area (Å²) >= 11 is 0.